The molecule has 0 fully saturated rings. The van der Waals surface area contributed by atoms with E-state index in [1.165, 1.54) is 0 Å². The van der Waals surface area contributed by atoms with E-state index in [-0.39, 0.29) is 0 Å². The van der Waals surface area contributed by atoms with E-state index in [2.05, 4.69) is 4.72 Å². The van der Waals surface area contributed by atoms with Crippen LogP contribution in [0.2, 0.25) is 0 Å². The van der Waals surface area contributed by atoms with Gasteiger partial charge in [0.05, 0.1) is 10.9 Å². The van der Waals surface area contributed by atoms with Gasteiger partial charge in [0.25, 0.3) is 0 Å². The highest BCUT2D eigenvalue weighted by Crippen LogP contribution is 2.21. The van der Waals surface area contributed by atoms with Crippen LogP contribution in [-0.2, 0) is 10.0 Å². The summed E-state index contributed by atoms with van der Waals surface area (Å²) in [5, 5.41) is 9.34. The van der Waals surface area contributed by atoms with E-state index in [9.17, 15) is 13.5 Å². The van der Waals surface area contributed by atoms with Crippen molar-refractivity contribution in [1.82, 2.24) is 0 Å². The highest BCUT2D eigenvalue weighted by atomic mass is 32.2. The van der Waals surface area contributed by atoms with E-state index in [1.807, 2.05) is 0 Å². The second kappa shape index (κ2) is 4.66. The zero-order valence-electron chi connectivity index (χ0n) is 10.6. The summed E-state index contributed by atoms with van der Waals surface area (Å²) in [6.45, 7) is 6.58. The summed E-state index contributed by atoms with van der Waals surface area (Å²) in [5.74, 6) is 0. The smallest absolute Gasteiger partial charge is 0.237 e. The molecular formula is C12H19NO3S. The second-order valence-electron chi connectivity index (χ2n) is 5.02. The number of aliphatic hydroxyl groups excluding tert-OH is 1. The van der Waals surface area contributed by atoms with E-state index in [0.29, 0.717) is 5.69 Å². The molecule has 17 heavy (non-hydrogen) atoms. The molecule has 0 spiro atoms. The minimum Gasteiger partial charge on any atom is -0.389 e. The number of anilines is 1. The Morgan fingerprint density at radius 1 is 1.18 bits per heavy atom. The van der Waals surface area contributed by atoms with E-state index in [1.54, 1.807) is 52.0 Å². The van der Waals surface area contributed by atoms with Crippen LogP contribution in [0.15, 0.2) is 24.3 Å². The zero-order chi connectivity index (χ0) is 13.3. The van der Waals surface area contributed by atoms with Crippen LogP contribution < -0.4 is 4.72 Å². The van der Waals surface area contributed by atoms with Crippen molar-refractivity contribution in [2.75, 3.05) is 4.72 Å². The molecule has 1 aromatic carbocycles. The van der Waals surface area contributed by atoms with Gasteiger partial charge in [-0.2, -0.15) is 0 Å². The third-order valence-corrected chi connectivity index (χ3v) is 4.57. The number of rotatable bonds is 3. The van der Waals surface area contributed by atoms with Gasteiger partial charge in [-0.15, -0.1) is 0 Å². The lowest BCUT2D eigenvalue weighted by atomic mass is 10.1. The van der Waals surface area contributed by atoms with Gasteiger partial charge in [-0.1, -0.05) is 12.1 Å². The fourth-order valence-electron chi connectivity index (χ4n) is 1.14. The lowest BCUT2D eigenvalue weighted by Crippen LogP contribution is -2.33. The topological polar surface area (TPSA) is 66.4 Å². The van der Waals surface area contributed by atoms with Gasteiger partial charge in [0.15, 0.2) is 0 Å². The van der Waals surface area contributed by atoms with Crippen LogP contribution >= 0.6 is 0 Å². The van der Waals surface area contributed by atoms with Crippen LogP contribution in [0, 0.1) is 0 Å². The van der Waals surface area contributed by atoms with Gasteiger partial charge < -0.3 is 5.11 Å². The summed E-state index contributed by atoms with van der Waals surface area (Å²) in [6.07, 6.45) is -0.553. The van der Waals surface area contributed by atoms with E-state index >= 15 is 0 Å². The first kappa shape index (κ1) is 14.0. The molecule has 4 nitrogen and oxygen atoms in total. The summed E-state index contributed by atoms with van der Waals surface area (Å²) in [6, 6.07) is 6.69. The van der Waals surface area contributed by atoms with Gasteiger partial charge >= 0.3 is 0 Å². The molecule has 2 N–H and O–H groups in total. The first-order chi connectivity index (χ1) is 7.63. The largest absolute Gasteiger partial charge is 0.389 e. The Hall–Kier alpha value is -1.07. The predicted octanol–water partition coefficient (Wildman–Crippen LogP) is 2.28. The average molecular weight is 257 g/mol. The Morgan fingerprint density at radius 3 is 2.00 bits per heavy atom. The highest BCUT2D eigenvalue weighted by molar-refractivity contribution is 7.94. The molecule has 0 amide bonds. The Morgan fingerprint density at radius 2 is 1.65 bits per heavy atom. The standard InChI is InChI=1S/C12H19NO3S/c1-9(14)10-5-7-11(8-6-10)13-17(15,16)12(2,3)4/h5-9,13-14H,1-4H3. The monoisotopic (exact) mass is 257 g/mol. The lowest BCUT2D eigenvalue weighted by Gasteiger charge is -2.20. The molecular weight excluding hydrogens is 238 g/mol. The van der Waals surface area contributed by atoms with Crippen LogP contribution in [0.25, 0.3) is 0 Å². The van der Waals surface area contributed by atoms with Crippen LogP contribution in [-0.4, -0.2) is 18.3 Å². The van der Waals surface area contributed by atoms with Crippen molar-refractivity contribution >= 4 is 15.7 Å². The number of aliphatic hydroxyl groups is 1. The molecule has 0 heterocycles. The molecule has 0 aromatic heterocycles. The molecule has 96 valence electrons. The van der Waals surface area contributed by atoms with E-state index in [4.69, 9.17) is 0 Å². The number of benzene rings is 1. The lowest BCUT2D eigenvalue weighted by molar-refractivity contribution is 0.199. The summed E-state index contributed by atoms with van der Waals surface area (Å²) in [7, 11) is -3.40. The van der Waals surface area contributed by atoms with Gasteiger partial charge in [-0.25, -0.2) is 8.42 Å². The summed E-state index contributed by atoms with van der Waals surface area (Å²) in [5.41, 5.74) is 1.26. The highest BCUT2D eigenvalue weighted by Gasteiger charge is 2.28. The van der Waals surface area contributed by atoms with Crippen LogP contribution in [0.4, 0.5) is 5.69 Å². The minimum atomic E-state index is -3.40. The Balaban J connectivity index is 2.91. The molecule has 0 aliphatic heterocycles. The molecule has 5 heteroatoms. The fourth-order valence-corrected chi connectivity index (χ4v) is 1.89. The number of hydrogen-bond donors (Lipinski definition) is 2. The van der Waals surface area contributed by atoms with Gasteiger partial charge in [-0.05, 0) is 45.4 Å². The molecule has 0 saturated heterocycles. The molecule has 0 saturated carbocycles. The first-order valence-electron chi connectivity index (χ1n) is 5.44. The second-order valence-corrected chi connectivity index (χ2v) is 7.45. The maximum Gasteiger partial charge on any atom is 0.237 e. The maximum atomic E-state index is 11.9. The molecule has 1 rings (SSSR count). The normalized spacial score (nSPS) is 14.4. The summed E-state index contributed by atoms with van der Waals surface area (Å²) < 4.78 is 25.4. The molecule has 1 atom stereocenters. The van der Waals surface area contributed by atoms with E-state index < -0.39 is 20.9 Å². The van der Waals surface area contributed by atoms with Crippen molar-refractivity contribution in [2.45, 2.75) is 38.5 Å². The van der Waals surface area contributed by atoms with Crippen molar-refractivity contribution in [3.8, 4) is 0 Å². The van der Waals surface area contributed by atoms with Gasteiger partial charge in [0.1, 0.15) is 0 Å². The third kappa shape index (κ3) is 3.44. The number of hydrogen-bond acceptors (Lipinski definition) is 3. The number of nitrogens with one attached hydrogen (secondary N) is 1. The zero-order valence-corrected chi connectivity index (χ0v) is 11.4. The minimum absolute atomic E-state index is 0.504. The average Bonchev–Trinajstić information content (AvgIpc) is 2.16. The predicted molar refractivity (Wildman–Crippen MR) is 69.4 cm³/mol. The fraction of sp³-hybridized carbons (Fsp3) is 0.500. The quantitative estimate of drug-likeness (QED) is 0.873. The van der Waals surface area contributed by atoms with Gasteiger partial charge in [0.2, 0.25) is 10.0 Å². The molecule has 0 aliphatic carbocycles. The molecule has 0 radical (unpaired) electrons. The Labute approximate surface area is 103 Å². The molecule has 0 bridgehead atoms. The summed E-state index contributed by atoms with van der Waals surface area (Å²) in [4.78, 5) is 0. The van der Waals surface area contributed by atoms with Gasteiger partial charge in [0, 0.05) is 5.69 Å². The maximum absolute atomic E-state index is 11.9. The van der Waals surface area contributed by atoms with Crippen molar-refractivity contribution in [1.29, 1.82) is 0 Å². The molecule has 1 aromatic rings. The van der Waals surface area contributed by atoms with Gasteiger partial charge in [-0.3, -0.25) is 4.72 Å². The summed E-state index contributed by atoms with van der Waals surface area (Å²) >= 11 is 0. The van der Waals surface area contributed by atoms with Crippen molar-refractivity contribution in [3.05, 3.63) is 29.8 Å². The van der Waals surface area contributed by atoms with E-state index in [0.717, 1.165) is 5.56 Å². The molecule has 0 aliphatic rings. The first-order valence-corrected chi connectivity index (χ1v) is 6.92. The van der Waals surface area contributed by atoms with Crippen molar-refractivity contribution in [2.24, 2.45) is 0 Å². The number of sulfonamides is 1. The van der Waals surface area contributed by atoms with Crippen LogP contribution in [0.5, 0.6) is 0 Å². The SMILES string of the molecule is CC(O)c1ccc(NS(=O)(=O)C(C)(C)C)cc1. The third-order valence-electron chi connectivity index (χ3n) is 2.45. The van der Waals surface area contributed by atoms with Crippen molar-refractivity contribution < 1.29 is 13.5 Å². The van der Waals surface area contributed by atoms with Crippen molar-refractivity contribution in [3.63, 3.8) is 0 Å². The van der Waals surface area contributed by atoms with Crippen LogP contribution in [0.1, 0.15) is 39.4 Å². The Bertz CT molecular complexity index is 469. The Kier molecular flexibility index (Phi) is 3.84. The molecule has 1 unspecified atom stereocenters. The van der Waals surface area contributed by atoms with Crippen LogP contribution in [0.3, 0.4) is 0 Å².